The van der Waals surface area contributed by atoms with Crippen LogP contribution in [0.1, 0.15) is 11.6 Å². The van der Waals surface area contributed by atoms with Gasteiger partial charge < -0.3 is 10.4 Å². The number of aliphatic hydroxyl groups is 1. The predicted molar refractivity (Wildman–Crippen MR) is 70.7 cm³/mol. The summed E-state index contributed by atoms with van der Waals surface area (Å²) in [5.41, 5.74) is -0.385. The van der Waals surface area contributed by atoms with E-state index in [-0.39, 0.29) is 0 Å². The number of pyridine rings is 1. The van der Waals surface area contributed by atoms with Crippen LogP contribution < -0.4 is 5.32 Å². The number of aliphatic hydroxyl groups excluding tert-OH is 1. The predicted octanol–water partition coefficient (Wildman–Crippen LogP) is 2.55. The Kier molecular flexibility index (Phi) is 4.56. The van der Waals surface area contributed by atoms with Crippen LogP contribution in [0, 0.1) is 27.7 Å². The summed E-state index contributed by atoms with van der Waals surface area (Å²) in [5.74, 6) is -4.01. The average molecular weight is 313 g/mol. The number of nitro groups is 1. The molecule has 2 rings (SSSR count). The number of hydrogen-bond acceptors (Lipinski definition) is 5. The molecule has 22 heavy (non-hydrogen) atoms. The smallest absolute Gasteiger partial charge is 0.314 e. The van der Waals surface area contributed by atoms with Gasteiger partial charge in [-0.3, -0.25) is 10.1 Å². The number of rotatable bonds is 5. The van der Waals surface area contributed by atoms with E-state index < -0.39 is 46.7 Å². The highest BCUT2D eigenvalue weighted by atomic mass is 19.2. The van der Waals surface area contributed by atoms with Crippen LogP contribution in [0.25, 0.3) is 0 Å². The number of anilines is 1. The second-order valence-corrected chi connectivity index (χ2v) is 4.32. The molecule has 0 fully saturated rings. The summed E-state index contributed by atoms with van der Waals surface area (Å²) in [7, 11) is 0. The van der Waals surface area contributed by atoms with Crippen molar-refractivity contribution in [2.45, 2.75) is 6.04 Å². The van der Waals surface area contributed by atoms with Crippen LogP contribution >= 0.6 is 0 Å². The molecule has 116 valence electrons. The van der Waals surface area contributed by atoms with E-state index >= 15 is 0 Å². The second-order valence-electron chi connectivity index (χ2n) is 4.32. The van der Waals surface area contributed by atoms with Gasteiger partial charge in [-0.1, -0.05) is 12.1 Å². The van der Waals surface area contributed by atoms with E-state index in [0.29, 0.717) is 11.6 Å². The fraction of sp³-hybridized carbons (Fsp3) is 0.154. The van der Waals surface area contributed by atoms with Gasteiger partial charge in [-0.2, -0.15) is 9.37 Å². The quantitative estimate of drug-likeness (QED) is 0.503. The molecule has 0 aliphatic heterocycles. The topological polar surface area (TPSA) is 88.3 Å². The van der Waals surface area contributed by atoms with Crippen molar-refractivity contribution < 1.29 is 23.2 Å². The minimum absolute atomic E-state index is 0.393. The van der Waals surface area contributed by atoms with Crippen LogP contribution in [0.2, 0.25) is 0 Å². The van der Waals surface area contributed by atoms with E-state index in [1.807, 2.05) is 0 Å². The van der Waals surface area contributed by atoms with Crippen molar-refractivity contribution in [3.05, 3.63) is 63.6 Å². The Morgan fingerprint density at radius 1 is 1.27 bits per heavy atom. The fourth-order valence-corrected chi connectivity index (χ4v) is 1.80. The maximum atomic E-state index is 13.2. The van der Waals surface area contributed by atoms with E-state index in [4.69, 9.17) is 0 Å². The largest absolute Gasteiger partial charge is 0.394 e. The van der Waals surface area contributed by atoms with Gasteiger partial charge in [0.1, 0.15) is 5.82 Å². The molecular formula is C13H10F3N3O3. The van der Waals surface area contributed by atoms with Crippen LogP contribution in [0.5, 0.6) is 0 Å². The van der Waals surface area contributed by atoms with Crippen molar-refractivity contribution in [1.29, 1.82) is 0 Å². The standard InChI is InChI=1S/C13H10F3N3O3/c14-8-3-1-7(2-4-8)10(6-20)17-13-11(19(21)22)5-9(15)12(16)18-13/h1-5,10,20H,6H2,(H,17,18)/t10-/m0/s1. The van der Waals surface area contributed by atoms with E-state index in [0.717, 1.165) is 12.1 Å². The van der Waals surface area contributed by atoms with Gasteiger partial charge in [0.15, 0.2) is 5.82 Å². The molecule has 2 aromatic rings. The molecule has 0 saturated heterocycles. The Morgan fingerprint density at radius 2 is 1.91 bits per heavy atom. The molecular weight excluding hydrogens is 303 g/mol. The molecule has 1 aromatic carbocycles. The van der Waals surface area contributed by atoms with Gasteiger partial charge in [-0.25, -0.2) is 8.78 Å². The maximum absolute atomic E-state index is 13.2. The van der Waals surface area contributed by atoms with Crippen LogP contribution in [0.15, 0.2) is 30.3 Å². The molecule has 2 N–H and O–H groups in total. The van der Waals surface area contributed by atoms with Gasteiger partial charge in [-0.05, 0) is 17.7 Å². The first-order valence-electron chi connectivity index (χ1n) is 6.05. The molecule has 0 spiro atoms. The summed E-state index contributed by atoms with van der Waals surface area (Å²) < 4.78 is 39.1. The molecule has 1 aromatic heterocycles. The normalized spacial score (nSPS) is 12.0. The number of aromatic nitrogens is 1. The van der Waals surface area contributed by atoms with Gasteiger partial charge >= 0.3 is 5.69 Å². The molecule has 0 aliphatic carbocycles. The van der Waals surface area contributed by atoms with E-state index in [1.54, 1.807) is 0 Å². The highest BCUT2D eigenvalue weighted by Crippen LogP contribution is 2.27. The Hall–Kier alpha value is -2.68. The number of benzene rings is 1. The average Bonchev–Trinajstić information content (AvgIpc) is 2.48. The lowest BCUT2D eigenvalue weighted by Crippen LogP contribution is -2.17. The molecule has 0 saturated carbocycles. The zero-order chi connectivity index (χ0) is 16.3. The summed E-state index contributed by atoms with van der Waals surface area (Å²) >= 11 is 0. The number of halogens is 3. The number of nitrogens with zero attached hydrogens (tertiary/aromatic N) is 2. The maximum Gasteiger partial charge on any atom is 0.314 e. The van der Waals surface area contributed by atoms with Gasteiger partial charge in [0, 0.05) is 0 Å². The third-order valence-corrected chi connectivity index (χ3v) is 2.88. The van der Waals surface area contributed by atoms with Crippen molar-refractivity contribution in [2.24, 2.45) is 0 Å². The zero-order valence-electron chi connectivity index (χ0n) is 11.0. The van der Waals surface area contributed by atoms with Gasteiger partial charge in [-0.15, -0.1) is 0 Å². The van der Waals surface area contributed by atoms with Gasteiger partial charge in [0.05, 0.1) is 23.6 Å². The fourth-order valence-electron chi connectivity index (χ4n) is 1.80. The molecule has 1 atom stereocenters. The molecule has 0 unspecified atom stereocenters. The van der Waals surface area contributed by atoms with Crippen molar-refractivity contribution in [1.82, 2.24) is 4.98 Å². The third kappa shape index (κ3) is 3.31. The highest BCUT2D eigenvalue weighted by molar-refractivity contribution is 5.56. The summed E-state index contributed by atoms with van der Waals surface area (Å²) in [5, 5.41) is 22.7. The number of nitrogens with one attached hydrogen (secondary N) is 1. The van der Waals surface area contributed by atoms with Gasteiger partial charge in [0.25, 0.3) is 5.95 Å². The minimum Gasteiger partial charge on any atom is -0.394 e. The summed E-state index contributed by atoms with van der Waals surface area (Å²) in [6.07, 6.45) is 0. The lowest BCUT2D eigenvalue weighted by molar-refractivity contribution is -0.384. The van der Waals surface area contributed by atoms with Crippen molar-refractivity contribution >= 4 is 11.5 Å². The van der Waals surface area contributed by atoms with Crippen LogP contribution in [-0.2, 0) is 0 Å². The van der Waals surface area contributed by atoms with Crippen molar-refractivity contribution in [3.63, 3.8) is 0 Å². The molecule has 0 bridgehead atoms. The monoisotopic (exact) mass is 313 g/mol. The summed E-state index contributed by atoms with van der Waals surface area (Å²) in [6, 6.07) is 4.43. The van der Waals surface area contributed by atoms with Crippen LogP contribution in [0.4, 0.5) is 24.7 Å². The Balaban J connectivity index is 2.37. The molecule has 6 nitrogen and oxygen atoms in total. The van der Waals surface area contributed by atoms with Crippen LogP contribution in [-0.4, -0.2) is 21.6 Å². The highest BCUT2D eigenvalue weighted by Gasteiger charge is 2.23. The molecule has 0 aliphatic rings. The van der Waals surface area contributed by atoms with Crippen molar-refractivity contribution in [3.8, 4) is 0 Å². The first-order valence-corrected chi connectivity index (χ1v) is 6.05. The Morgan fingerprint density at radius 3 is 2.45 bits per heavy atom. The van der Waals surface area contributed by atoms with E-state index in [9.17, 15) is 28.4 Å². The zero-order valence-corrected chi connectivity index (χ0v) is 11.0. The minimum atomic E-state index is -1.51. The summed E-state index contributed by atoms with van der Waals surface area (Å²) in [6.45, 7) is -0.524. The first-order chi connectivity index (χ1) is 10.4. The Bertz CT molecular complexity index is 695. The van der Waals surface area contributed by atoms with E-state index in [1.165, 1.54) is 12.1 Å². The molecule has 0 radical (unpaired) electrons. The molecule has 9 heteroatoms. The van der Waals surface area contributed by atoms with Crippen LogP contribution in [0.3, 0.4) is 0 Å². The third-order valence-electron chi connectivity index (χ3n) is 2.88. The van der Waals surface area contributed by atoms with Crippen molar-refractivity contribution in [2.75, 3.05) is 11.9 Å². The Labute approximate surface area is 122 Å². The number of hydrogen-bond donors (Lipinski definition) is 2. The first kappa shape index (κ1) is 15.7. The molecule has 0 amide bonds. The lowest BCUT2D eigenvalue weighted by Gasteiger charge is -2.17. The molecule has 1 heterocycles. The second kappa shape index (κ2) is 6.39. The summed E-state index contributed by atoms with van der Waals surface area (Å²) in [4.78, 5) is 13.1. The van der Waals surface area contributed by atoms with Gasteiger partial charge in [0.2, 0.25) is 5.82 Å². The lowest BCUT2D eigenvalue weighted by atomic mass is 10.1. The van der Waals surface area contributed by atoms with E-state index in [2.05, 4.69) is 10.3 Å². The SMILES string of the molecule is O=[N+]([O-])c1cc(F)c(F)nc1N[C@@H](CO)c1ccc(F)cc1.